The Bertz CT molecular complexity index is 640. The molecule has 2 rings (SSSR count). The molecule has 6 heteroatoms. The fourth-order valence-electron chi connectivity index (χ4n) is 1.97. The van der Waals surface area contributed by atoms with E-state index in [4.69, 9.17) is 10.5 Å². The van der Waals surface area contributed by atoms with E-state index in [9.17, 15) is 9.90 Å². The number of benzene rings is 1. The van der Waals surface area contributed by atoms with Crippen molar-refractivity contribution in [2.45, 2.75) is 19.5 Å². The van der Waals surface area contributed by atoms with Crippen molar-refractivity contribution in [2.24, 2.45) is 5.73 Å². The lowest BCUT2D eigenvalue weighted by molar-refractivity contribution is 0.100. The fraction of sp³-hybridized carbons (Fsp3) is 0.267. The highest BCUT2D eigenvalue weighted by atomic mass is 32.1. The highest BCUT2D eigenvalue weighted by Crippen LogP contribution is 2.28. The zero-order valence-electron chi connectivity index (χ0n) is 11.9. The Labute approximate surface area is 127 Å². The van der Waals surface area contributed by atoms with E-state index in [1.54, 1.807) is 36.8 Å². The molecule has 4 N–H and O–H groups in total. The van der Waals surface area contributed by atoms with Crippen molar-refractivity contribution in [3.63, 3.8) is 0 Å². The molecule has 0 aliphatic carbocycles. The quantitative estimate of drug-likeness (QED) is 0.765. The number of aromatic hydroxyl groups is 1. The zero-order valence-corrected chi connectivity index (χ0v) is 12.7. The van der Waals surface area contributed by atoms with E-state index in [-0.39, 0.29) is 11.8 Å². The van der Waals surface area contributed by atoms with Crippen LogP contribution in [-0.2, 0) is 6.54 Å². The normalized spacial score (nSPS) is 12.1. The molecule has 1 amide bonds. The lowest BCUT2D eigenvalue weighted by Crippen LogP contribution is -2.17. The molecule has 0 spiro atoms. The van der Waals surface area contributed by atoms with Crippen LogP contribution >= 0.6 is 11.3 Å². The van der Waals surface area contributed by atoms with E-state index in [2.05, 4.69) is 5.32 Å². The molecule has 0 aliphatic rings. The number of carbonyl (C=O) groups is 1. The number of nitrogens with two attached hydrogens (primary N) is 1. The van der Waals surface area contributed by atoms with Crippen LogP contribution in [0, 0.1) is 0 Å². The topological polar surface area (TPSA) is 84.6 Å². The summed E-state index contributed by atoms with van der Waals surface area (Å²) in [4.78, 5) is 12.1. The number of rotatable bonds is 6. The Hall–Kier alpha value is -2.05. The van der Waals surface area contributed by atoms with Crippen molar-refractivity contribution in [1.29, 1.82) is 0 Å². The number of methoxy groups -OCH3 is 1. The summed E-state index contributed by atoms with van der Waals surface area (Å²) in [5, 5.41) is 15.0. The molecule has 0 radical (unpaired) electrons. The lowest BCUT2D eigenvalue weighted by Gasteiger charge is -2.16. The number of phenols is 1. The Kier molecular flexibility index (Phi) is 4.82. The van der Waals surface area contributed by atoms with Crippen LogP contribution in [0.3, 0.4) is 0 Å². The van der Waals surface area contributed by atoms with Crippen LogP contribution in [0.4, 0.5) is 0 Å². The van der Waals surface area contributed by atoms with Gasteiger partial charge >= 0.3 is 0 Å². The van der Waals surface area contributed by atoms with Crippen LogP contribution in [0.5, 0.6) is 11.5 Å². The summed E-state index contributed by atoms with van der Waals surface area (Å²) in [6.07, 6.45) is 0. The van der Waals surface area contributed by atoms with Gasteiger partial charge in [-0.3, -0.25) is 4.79 Å². The van der Waals surface area contributed by atoms with E-state index < -0.39 is 5.91 Å². The van der Waals surface area contributed by atoms with Gasteiger partial charge in [-0.1, -0.05) is 0 Å². The molecule has 0 saturated carbocycles. The molecular formula is C15H18N2O3S. The molecule has 2 aromatic rings. The highest BCUT2D eigenvalue weighted by Gasteiger charge is 2.12. The van der Waals surface area contributed by atoms with E-state index in [0.717, 1.165) is 10.4 Å². The van der Waals surface area contributed by atoms with E-state index in [0.29, 0.717) is 17.9 Å². The summed E-state index contributed by atoms with van der Waals surface area (Å²) in [7, 11) is 1.59. The van der Waals surface area contributed by atoms with Crippen molar-refractivity contribution in [2.75, 3.05) is 7.11 Å². The molecule has 1 heterocycles. The molecule has 112 valence electrons. The Morgan fingerprint density at radius 2 is 2.24 bits per heavy atom. The minimum Gasteiger partial charge on any atom is -0.508 e. The number of thiophene rings is 1. The van der Waals surface area contributed by atoms with Gasteiger partial charge in [-0.15, -0.1) is 11.3 Å². The van der Waals surface area contributed by atoms with Crippen LogP contribution in [0.2, 0.25) is 0 Å². The van der Waals surface area contributed by atoms with Gasteiger partial charge in [0, 0.05) is 28.4 Å². The van der Waals surface area contributed by atoms with Gasteiger partial charge in [-0.05, 0) is 31.2 Å². The van der Waals surface area contributed by atoms with Gasteiger partial charge in [-0.25, -0.2) is 0 Å². The monoisotopic (exact) mass is 306 g/mol. The molecule has 1 aromatic heterocycles. The van der Waals surface area contributed by atoms with Crippen molar-refractivity contribution < 1.29 is 14.6 Å². The molecular weight excluding hydrogens is 288 g/mol. The summed E-state index contributed by atoms with van der Waals surface area (Å²) in [6, 6.07) is 6.85. The fourth-order valence-corrected chi connectivity index (χ4v) is 2.80. The first-order valence-electron chi connectivity index (χ1n) is 6.48. The second kappa shape index (κ2) is 6.60. The van der Waals surface area contributed by atoms with Crippen molar-refractivity contribution in [3.05, 3.63) is 45.6 Å². The number of carbonyl (C=O) groups excluding carboxylic acids is 1. The van der Waals surface area contributed by atoms with Gasteiger partial charge in [0.05, 0.1) is 12.7 Å². The molecule has 0 fully saturated rings. The highest BCUT2D eigenvalue weighted by molar-refractivity contribution is 7.10. The number of phenolic OH excluding ortho intramolecular Hbond substituents is 1. The molecule has 0 bridgehead atoms. The number of hydrogen-bond donors (Lipinski definition) is 3. The van der Waals surface area contributed by atoms with Crippen LogP contribution in [0.1, 0.15) is 33.8 Å². The van der Waals surface area contributed by atoms with E-state index in [1.165, 1.54) is 11.3 Å². The average molecular weight is 306 g/mol. The first-order chi connectivity index (χ1) is 10.0. The summed E-state index contributed by atoms with van der Waals surface area (Å²) in [6.45, 7) is 2.55. The van der Waals surface area contributed by atoms with Crippen LogP contribution in [0.15, 0.2) is 29.6 Å². The summed E-state index contributed by atoms with van der Waals surface area (Å²) in [5.74, 6) is 0.499. The summed E-state index contributed by atoms with van der Waals surface area (Å²) < 4.78 is 5.16. The average Bonchev–Trinajstić information content (AvgIpc) is 2.94. The van der Waals surface area contributed by atoms with Crippen LogP contribution in [-0.4, -0.2) is 18.1 Å². The van der Waals surface area contributed by atoms with Gasteiger partial charge in [0.25, 0.3) is 0 Å². The second-order valence-corrected chi connectivity index (χ2v) is 5.69. The van der Waals surface area contributed by atoms with Crippen molar-refractivity contribution >= 4 is 17.2 Å². The first-order valence-corrected chi connectivity index (χ1v) is 7.36. The predicted octanol–water partition coefficient (Wildman–Crippen LogP) is 2.41. The maximum Gasteiger partial charge on any atom is 0.249 e. The van der Waals surface area contributed by atoms with E-state index in [1.807, 2.05) is 6.92 Å². The number of ether oxygens (including phenoxy) is 1. The second-order valence-electron chi connectivity index (χ2n) is 4.69. The molecule has 1 aromatic carbocycles. The van der Waals surface area contributed by atoms with Crippen LogP contribution < -0.4 is 15.8 Å². The molecule has 1 atom stereocenters. The minimum absolute atomic E-state index is 0.0563. The van der Waals surface area contributed by atoms with Crippen LogP contribution in [0.25, 0.3) is 0 Å². The number of primary amides is 1. The first kappa shape index (κ1) is 15.3. The van der Waals surface area contributed by atoms with Crippen molar-refractivity contribution in [1.82, 2.24) is 5.32 Å². The standard InChI is InChI=1S/C15H18N2O3S/c1-9(13-6-11(20-2)3-4-14(13)18)17-7-12-5-10(8-21-12)15(16)19/h3-6,8-9,17-18H,7H2,1-2H3,(H2,16,19)/t9-/m1/s1. The maximum atomic E-state index is 11.1. The minimum atomic E-state index is -0.420. The Morgan fingerprint density at radius 1 is 1.48 bits per heavy atom. The Morgan fingerprint density at radius 3 is 2.86 bits per heavy atom. The maximum absolute atomic E-state index is 11.1. The largest absolute Gasteiger partial charge is 0.508 e. The lowest BCUT2D eigenvalue weighted by atomic mass is 10.1. The van der Waals surface area contributed by atoms with Gasteiger partial charge < -0.3 is 20.9 Å². The predicted molar refractivity (Wildman–Crippen MR) is 82.8 cm³/mol. The third-order valence-corrected chi connectivity index (χ3v) is 4.16. The summed E-state index contributed by atoms with van der Waals surface area (Å²) >= 11 is 1.48. The third-order valence-electron chi connectivity index (χ3n) is 3.22. The van der Waals surface area contributed by atoms with Gasteiger partial charge in [-0.2, -0.15) is 0 Å². The zero-order chi connectivity index (χ0) is 15.4. The van der Waals surface area contributed by atoms with Gasteiger partial charge in [0.2, 0.25) is 5.91 Å². The smallest absolute Gasteiger partial charge is 0.249 e. The molecule has 0 saturated heterocycles. The molecule has 0 aliphatic heterocycles. The Balaban J connectivity index is 2.03. The SMILES string of the molecule is COc1ccc(O)c([C@@H](C)NCc2cc(C(N)=O)cs2)c1. The van der Waals surface area contributed by atoms with Gasteiger partial charge in [0.1, 0.15) is 11.5 Å². The number of nitrogens with one attached hydrogen (secondary N) is 1. The molecule has 21 heavy (non-hydrogen) atoms. The summed E-state index contributed by atoms with van der Waals surface area (Å²) in [5.41, 5.74) is 6.51. The molecule has 0 unspecified atom stereocenters. The third kappa shape index (κ3) is 3.74. The van der Waals surface area contributed by atoms with Gasteiger partial charge in [0.15, 0.2) is 0 Å². The van der Waals surface area contributed by atoms with Crippen molar-refractivity contribution in [3.8, 4) is 11.5 Å². The number of hydrogen-bond acceptors (Lipinski definition) is 5. The molecule has 5 nitrogen and oxygen atoms in total. The van der Waals surface area contributed by atoms with E-state index >= 15 is 0 Å². The number of amides is 1.